The van der Waals surface area contributed by atoms with Crippen molar-refractivity contribution in [3.8, 4) is 11.3 Å². The summed E-state index contributed by atoms with van der Waals surface area (Å²) in [6.07, 6.45) is 4.52. The van der Waals surface area contributed by atoms with Crippen LogP contribution in [0, 0.1) is 6.92 Å². The van der Waals surface area contributed by atoms with Crippen molar-refractivity contribution in [2.24, 2.45) is 0 Å². The molecule has 1 saturated heterocycles. The minimum atomic E-state index is 0.584. The first-order chi connectivity index (χ1) is 10.8. The van der Waals surface area contributed by atoms with Crippen molar-refractivity contribution in [2.45, 2.75) is 25.7 Å². The molecule has 1 N–H and O–H groups in total. The van der Waals surface area contributed by atoms with Gasteiger partial charge in [-0.1, -0.05) is 23.8 Å². The predicted octanol–water partition coefficient (Wildman–Crippen LogP) is 2.74. The molecule has 4 rings (SSSR count). The van der Waals surface area contributed by atoms with E-state index in [4.69, 9.17) is 4.98 Å². The Balaban J connectivity index is 1.79. The zero-order chi connectivity index (χ0) is 14.9. The Labute approximate surface area is 131 Å². The van der Waals surface area contributed by atoms with Gasteiger partial charge in [-0.15, -0.1) is 0 Å². The van der Waals surface area contributed by atoms with Gasteiger partial charge in [-0.05, 0) is 25.8 Å². The summed E-state index contributed by atoms with van der Waals surface area (Å²) in [5.41, 5.74) is 4.76. The maximum atomic E-state index is 4.95. The lowest BCUT2D eigenvalue weighted by Gasteiger charge is -2.30. The maximum absolute atomic E-state index is 4.95. The number of aromatic nitrogens is 2. The van der Waals surface area contributed by atoms with Crippen molar-refractivity contribution in [3.05, 3.63) is 41.9 Å². The number of nitrogens with zero attached hydrogens (tertiary/aromatic N) is 3. The van der Waals surface area contributed by atoms with Crippen LogP contribution in [0.3, 0.4) is 0 Å². The second-order valence-electron chi connectivity index (χ2n) is 6.34. The van der Waals surface area contributed by atoms with Crippen molar-refractivity contribution < 1.29 is 0 Å². The van der Waals surface area contributed by atoms with E-state index in [9.17, 15) is 0 Å². The van der Waals surface area contributed by atoms with Gasteiger partial charge >= 0.3 is 0 Å². The van der Waals surface area contributed by atoms with Gasteiger partial charge < -0.3 is 10.2 Å². The smallest absolute Gasteiger partial charge is 0.132 e. The molecule has 1 saturated carbocycles. The molecule has 2 aliphatic rings. The molecule has 1 aliphatic carbocycles. The Morgan fingerprint density at radius 2 is 2.00 bits per heavy atom. The molecule has 1 aliphatic heterocycles. The van der Waals surface area contributed by atoms with Gasteiger partial charge in [0.05, 0.1) is 17.6 Å². The van der Waals surface area contributed by atoms with E-state index in [0.29, 0.717) is 5.92 Å². The summed E-state index contributed by atoms with van der Waals surface area (Å²) in [6.45, 7) is 6.22. The summed E-state index contributed by atoms with van der Waals surface area (Å²) in [7, 11) is 0. The van der Waals surface area contributed by atoms with Crippen LogP contribution < -0.4 is 10.2 Å². The molecule has 0 amide bonds. The highest BCUT2D eigenvalue weighted by molar-refractivity contribution is 5.75. The van der Waals surface area contributed by atoms with Crippen molar-refractivity contribution in [1.29, 1.82) is 0 Å². The van der Waals surface area contributed by atoms with Gasteiger partial charge in [0, 0.05) is 37.7 Å². The quantitative estimate of drug-likeness (QED) is 0.945. The third kappa shape index (κ3) is 2.71. The van der Waals surface area contributed by atoms with Crippen molar-refractivity contribution >= 4 is 5.69 Å². The molecule has 0 bridgehead atoms. The summed E-state index contributed by atoms with van der Waals surface area (Å²) in [5.74, 6) is 1.61. The summed E-state index contributed by atoms with van der Waals surface area (Å²) >= 11 is 0. The average Bonchev–Trinajstić information content (AvgIpc) is 3.40. The second-order valence-corrected chi connectivity index (χ2v) is 6.34. The van der Waals surface area contributed by atoms with Crippen LogP contribution in [0.2, 0.25) is 0 Å². The fraction of sp³-hybridized carbons (Fsp3) is 0.444. The molecule has 4 heteroatoms. The molecule has 0 radical (unpaired) electrons. The predicted molar refractivity (Wildman–Crippen MR) is 89.3 cm³/mol. The molecule has 0 unspecified atom stereocenters. The molecule has 1 aromatic carbocycles. The van der Waals surface area contributed by atoms with Crippen LogP contribution in [0.5, 0.6) is 0 Å². The van der Waals surface area contributed by atoms with Gasteiger partial charge in [0.2, 0.25) is 0 Å². The van der Waals surface area contributed by atoms with Crippen molar-refractivity contribution in [3.63, 3.8) is 0 Å². The highest BCUT2D eigenvalue weighted by Gasteiger charge is 2.28. The third-order valence-corrected chi connectivity index (χ3v) is 4.48. The molecular weight excluding hydrogens is 272 g/mol. The number of aryl methyl sites for hydroxylation is 1. The standard InChI is InChI=1S/C18H22N4/c1-13-3-2-4-15(11-13)17-16(22-9-7-19-8-10-22)12-20-18(21-17)14-5-6-14/h2-4,11-12,14,19H,5-10H2,1H3. The van der Waals surface area contributed by atoms with E-state index in [0.717, 1.165) is 37.7 Å². The molecule has 114 valence electrons. The molecule has 1 aromatic heterocycles. The fourth-order valence-corrected chi connectivity index (χ4v) is 3.07. The largest absolute Gasteiger partial charge is 0.366 e. The molecule has 22 heavy (non-hydrogen) atoms. The molecule has 4 nitrogen and oxygen atoms in total. The van der Waals surface area contributed by atoms with Gasteiger partial charge in [-0.2, -0.15) is 0 Å². The number of hydrogen-bond acceptors (Lipinski definition) is 4. The van der Waals surface area contributed by atoms with E-state index in [-0.39, 0.29) is 0 Å². The topological polar surface area (TPSA) is 41.1 Å². The number of anilines is 1. The van der Waals surface area contributed by atoms with Crippen LogP contribution in [-0.4, -0.2) is 36.1 Å². The van der Waals surface area contributed by atoms with Gasteiger partial charge in [0.15, 0.2) is 0 Å². The molecule has 2 fully saturated rings. The highest BCUT2D eigenvalue weighted by atomic mass is 15.2. The highest BCUT2D eigenvalue weighted by Crippen LogP contribution is 2.40. The number of nitrogens with one attached hydrogen (secondary N) is 1. The average molecular weight is 294 g/mol. The van der Waals surface area contributed by atoms with E-state index < -0.39 is 0 Å². The third-order valence-electron chi connectivity index (χ3n) is 4.48. The van der Waals surface area contributed by atoms with E-state index in [1.165, 1.54) is 29.7 Å². The van der Waals surface area contributed by atoms with Crippen LogP contribution in [-0.2, 0) is 0 Å². The van der Waals surface area contributed by atoms with Crippen LogP contribution in [0.15, 0.2) is 30.5 Å². The Morgan fingerprint density at radius 3 is 2.73 bits per heavy atom. The Bertz CT molecular complexity index is 673. The van der Waals surface area contributed by atoms with Crippen LogP contribution >= 0.6 is 0 Å². The minimum absolute atomic E-state index is 0.584. The monoisotopic (exact) mass is 294 g/mol. The first kappa shape index (κ1) is 13.7. The summed E-state index contributed by atoms with van der Waals surface area (Å²) in [5, 5.41) is 3.41. The normalized spacial score (nSPS) is 18.5. The number of piperazine rings is 1. The zero-order valence-corrected chi connectivity index (χ0v) is 13.0. The maximum Gasteiger partial charge on any atom is 0.132 e. The van der Waals surface area contributed by atoms with Crippen LogP contribution in [0.25, 0.3) is 11.3 Å². The lowest BCUT2D eigenvalue weighted by Crippen LogP contribution is -2.43. The summed E-state index contributed by atoms with van der Waals surface area (Å²) < 4.78 is 0. The fourth-order valence-electron chi connectivity index (χ4n) is 3.07. The zero-order valence-electron chi connectivity index (χ0n) is 13.0. The molecule has 0 spiro atoms. The molecular formula is C18H22N4. The number of hydrogen-bond donors (Lipinski definition) is 1. The van der Waals surface area contributed by atoms with Crippen LogP contribution in [0.4, 0.5) is 5.69 Å². The Kier molecular flexibility index (Phi) is 3.54. The Hall–Kier alpha value is -1.94. The first-order valence-electron chi connectivity index (χ1n) is 8.21. The summed E-state index contributed by atoms with van der Waals surface area (Å²) in [6, 6.07) is 8.64. The lowest BCUT2D eigenvalue weighted by atomic mass is 10.1. The molecule has 2 heterocycles. The Morgan fingerprint density at radius 1 is 1.18 bits per heavy atom. The summed E-state index contributed by atoms with van der Waals surface area (Å²) in [4.78, 5) is 12.0. The molecule has 2 aromatic rings. The number of benzene rings is 1. The van der Waals surface area contributed by atoms with E-state index in [1.54, 1.807) is 0 Å². The van der Waals surface area contributed by atoms with Gasteiger partial charge in [0.1, 0.15) is 5.82 Å². The number of rotatable bonds is 3. The van der Waals surface area contributed by atoms with Crippen molar-refractivity contribution in [2.75, 3.05) is 31.1 Å². The second kappa shape index (κ2) is 5.69. The van der Waals surface area contributed by atoms with E-state index >= 15 is 0 Å². The van der Waals surface area contributed by atoms with Crippen LogP contribution in [0.1, 0.15) is 30.1 Å². The van der Waals surface area contributed by atoms with Crippen molar-refractivity contribution in [1.82, 2.24) is 15.3 Å². The lowest BCUT2D eigenvalue weighted by molar-refractivity contribution is 0.588. The van der Waals surface area contributed by atoms with Gasteiger partial charge in [0.25, 0.3) is 0 Å². The van der Waals surface area contributed by atoms with Gasteiger partial charge in [-0.3, -0.25) is 0 Å². The minimum Gasteiger partial charge on any atom is -0.366 e. The molecule has 0 atom stereocenters. The first-order valence-corrected chi connectivity index (χ1v) is 8.21. The van der Waals surface area contributed by atoms with E-state index in [2.05, 4.69) is 46.4 Å². The van der Waals surface area contributed by atoms with Gasteiger partial charge in [-0.25, -0.2) is 9.97 Å². The van der Waals surface area contributed by atoms with E-state index in [1.807, 2.05) is 6.20 Å². The SMILES string of the molecule is Cc1cccc(-c2nc(C3CC3)ncc2N2CCNCC2)c1.